The highest BCUT2D eigenvalue weighted by molar-refractivity contribution is 5.24. The molecule has 0 fully saturated rings. The SMILES string of the molecule is CCCC(C)(O)CNCc1cccc(C(F)F)c1. The third-order valence-corrected chi connectivity index (χ3v) is 2.83. The minimum Gasteiger partial charge on any atom is -0.389 e. The average Bonchev–Trinajstić information content (AvgIpc) is 2.29. The van der Waals surface area contributed by atoms with Gasteiger partial charge in [-0.05, 0) is 25.0 Å². The molecule has 0 radical (unpaired) electrons. The van der Waals surface area contributed by atoms with Crippen LogP contribution in [0.3, 0.4) is 0 Å². The summed E-state index contributed by atoms with van der Waals surface area (Å²) in [5.41, 5.74) is 0.101. The fraction of sp³-hybridized carbons (Fsp3) is 0.571. The Labute approximate surface area is 107 Å². The molecule has 18 heavy (non-hydrogen) atoms. The van der Waals surface area contributed by atoms with Crippen molar-refractivity contribution < 1.29 is 13.9 Å². The molecule has 0 spiro atoms. The Morgan fingerprint density at radius 1 is 1.39 bits per heavy atom. The van der Waals surface area contributed by atoms with Gasteiger partial charge in [-0.25, -0.2) is 8.78 Å². The first kappa shape index (κ1) is 15.1. The van der Waals surface area contributed by atoms with Gasteiger partial charge in [-0.3, -0.25) is 0 Å². The summed E-state index contributed by atoms with van der Waals surface area (Å²) in [6.45, 7) is 4.74. The van der Waals surface area contributed by atoms with Crippen LogP contribution in [-0.4, -0.2) is 17.3 Å². The van der Waals surface area contributed by atoms with E-state index in [9.17, 15) is 13.9 Å². The predicted molar refractivity (Wildman–Crippen MR) is 68.6 cm³/mol. The summed E-state index contributed by atoms with van der Waals surface area (Å²) in [5, 5.41) is 13.1. The summed E-state index contributed by atoms with van der Waals surface area (Å²) in [5.74, 6) is 0. The van der Waals surface area contributed by atoms with E-state index < -0.39 is 12.0 Å². The Morgan fingerprint density at radius 3 is 2.72 bits per heavy atom. The molecule has 0 saturated carbocycles. The van der Waals surface area contributed by atoms with Gasteiger partial charge in [-0.1, -0.05) is 31.5 Å². The third-order valence-electron chi connectivity index (χ3n) is 2.83. The molecule has 4 heteroatoms. The van der Waals surface area contributed by atoms with E-state index in [2.05, 4.69) is 5.32 Å². The number of aliphatic hydroxyl groups is 1. The van der Waals surface area contributed by atoms with E-state index in [4.69, 9.17) is 0 Å². The van der Waals surface area contributed by atoms with E-state index in [1.54, 1.807) is 19.1 Å². The molecule has 1 rings (SSSR count). The third kappa shape index (κ3) is 5.10. The lowest BCUT2D eigenvalue weighted by Crippen LogP contribution is -2.37. The van der Waals surface area contributed by atoms with E-state index in [0.29, 0.717) is 13.1 Å². The van der Waals surface area contributed by atoms with Crippen molar-refractivity contribution in [3.05, 3.63) is 35.4 Å². The average molecular weight is 257 g/mol. The molecule has 1 aromatic carbocycles. The minimum atomic E-state index is -2.44. The Hall–Kier alpha value is -1.00. The molecule has 2 nitrogen and oxygen atoms in total. The van der Waals surface area contributed by atoms with Crippen molar-refractivity contribution in [2.24, 2.45) is 0 Å². The van der Waals surface area contributed by atoms with Crippen LogP contribution >= 0.6 is 0 Å². The molecule has 0 aromatic heterocycles. The highest BCUT2D eigenvalue weighted by Crippen LogP contribution is 2.19. The first-order valence-corrected chi connectivity index (χ1v) is 6.24. The molecule has 0 aliphatic carbocycles. The number of hydrogen-bond donors (Lipinski definition) is 2. The standard InChI is InChI=1S/C14H21F2NO/c1-3-7-14(2,18)10-17-9-11-5-4-6-12(8-11)13(15)16/h4-6,8,13,17-18H,3,7,9-10H2,1-2H3. The molecule has 1 unspecified atom stereocenters. The van der Waals surface area contributed by atoms with Crippen LogP contribution < -0.4 is 5.32 Å². The Bertz CT molecular complexity index is 367. The number of benzene rings is 1. The van der Waals surface area contributed by atoms with E-state index in [1.165, 1.54) is 12.1 Å². The first-order chi connectivity index (χ1) is 8.44. The smallest absolute Gasteiger partial charge is 0.263 e. The fourth-order valence-electron chi connectivity index (χ4n) is 1.94. The van der Waals surface area contributed by atoms with Crippen LogP contribution in [0.4, 0.5) is 8.78 Å². The predicted octanol–water partition coefficient (Wildman–Crippen LogP) is 3.26. The van der Waals surface area contributed by atoms with Crippen molar-refractivity contribution in [1.29, 1.82) is 0 Å². The molecule has 102 valence electrons. The monoisotopic (exact) mass is 257 g/mol. The molecular formula is C14H21F2NO. The summed E-state index contributed by atoms with van der Waals surface area (Å²) in [6, 6.07) is 6.34. The summed E-state index contributed by atoms with van der Waals surface area (Å²) in [4.78, 5) is 0. The quantitative estimate of drug-likeness (QED) is 0.785. The maximum atomic E-state index is 12.5. The van der Waals surface area contributed by atoms with Crippen molar-refractivity contribution in [2.45, 2.75) is 45.3 Å². The molecule has 0 aliphatic heterocycles. The van der Waals surface area contributed by atoms with Crippen molar-refractivity contribution >= 4 is 0 Å². The van der Waals surface area contributed by atoms with Crippen molar-refractivity contribution in [3.8, 4) is 0 Å². The highest BCUT2D eigenvalue weighted by Gasteiger charge is 2.18. The van der Waals surface area contributed by atoms with Gasteiger partial charge in [0, 0.05) is 18.7 Å². The van der Waals surface area contributed by atoms with Gasteiger partial charge in [0.25, 0.3) is 6.43 Å². The Morgan fingerprint density at radius 2 is 2.11 bits per heavy atom. The lowest BCUT2D eigenvalue weighted by molar-refractivity contribution is 0.0498. The van der Waals surface area contributed by atoms with E-state index in [-0.39, 0.29) is 5.56 Å². The second-order valence-corrected chi connectivity index (χ2v) is 4.90. The van der Waals surface area contributed by atoms with Crippen LogP contribution in [0.1, 0.15) is 44.2 Å². The van der Waals surface area contributed by atoms with Gasteiger partial charge in [0.15, 0.2) is 0 Å². The Kier molecular flexibility index (Phi) is 5.69. The number of hydrogen-bond acceptors (Lipinski definition) is 2. The van der Waals surface area contributed by atoms with Gasteiger partial charge in [0.2, 0.25) is 0 Å². The van der Waals surface area contributed by atoms with Crippen molar-refractivity contribution in [2.75, 3.05) is 6.54 Å². The van der Waals surface area contributed by atoms with Crippen LogP contribution in [0.2, 0.25) is 0 Å². The van der Waals surface area contributed by atoms with Gasteiger partial charge < -0.3 is 10.4 Å². The summed E-state index contributed by atoms with van der Waals surface area (Å²) in [6.07, 6.45) is -0.805. The highest BCUT2D eigenvalue weighted by atomic mass is 19.3. The zero-order valence-corrected chi connectivity index (χ0v) is 10.9. The molecular weight excluding hydrogens is 236 g/mol. The van der Waals surface area contributed by atoms with E-state index in [1.807, 2.05) is 6.92 Å². The number of rotatable bonds is 7. The van der Waals surface area contributed by atoms with Gasteiger partial charge in [-0.15, -0.1) is 0 Å². The minimum absolute atomic E-state index is 0.0367. The zero-order valence-electron chi connectivity index (χ0n) is 10.9. The van der Waals surface area contributed by atoms with E-state index in [0.717, 1.165) is 18.4 Å². The molecule has 0 heterocycles. The lowest BCUT2D eigenvalue weighted by atomic mass is 10.0. The van der Waals surface area contributed by atoms with E-state index >= 15 is 0 Å². The van der Waals surface area contributed by atoms with Crippen LogP contribution in [0.25, 0.3) is 0 Å². The van der Waals surface area contributed by atoms with Crippen LogP contribution in [-0.2, 0) is 6.54 Å². The summed E-state index contributed by atoms with van der Waals surface area (Å²) < 4.78 is 25.0. The van der Waals surface area contributed by atoms with Crippen molar-refractivity contribution in [1.82, 2.24) is 5.32 Å². The summed E-state index contributed by atoms with van der Waals surface area (Å²) in [7, 11) is 0. The fourth-order valence-corrected chi connectivity index (χ4v) is 1.94. The zero-order chi connectivity index (χ0) is 13.6. The molecule has 0 saturated heterocycles. The van der Waals surface area contributed by atoms with Crippen LogP contribution in [0, 0.1) is 0 Å². The number of halogens is 2. The normalized spacial score (nSPS) is 14.8. The summed E-state index contributed by atoms with van der Waals surface area (Å²) >= 11 is 0. The van der Waals surface area contributed by atoms with Crippen LogP contribution in [0.15, 0.2) is 24.3 Å². The first-order valence-electron chi connectivity index (χ1n) is 6.24. The lowest BCUT2D eigenvalue weighted by Gasteiger charge is -2.23. The second-order valence-electron chi connectivity index (χ2n) is 4.90. The molecule has 0 aliphatic rings. The largest absolute Gasteiger partial charge is 0.389 e. The molecule has 1 atom stereocenters. The Balaban J connectivity index is 2.46. The van der Waals surface area contributed by atoms with Crippen LogP contribution in [0.5, 0.6) is 0 Å². The van der Waals surface area contributed by atoms with Gasteiger partial charge in [-0.2, -0.15) is 0 Å². The number of nitrogens with one attached hydrogen (secondary N) is 1. The second kappa shape index (κ2) is 6.81. The molecule has 0 amide bonds. The van der Waals surface area contributed by atoms with Gasteiger partial charge >= 0.3 is 0 Å². The molecule has 1 aromatic rings. The topological polar surface area (TPSA) is 32.3 Å². The molecule has 2 N–H and O–H groups in total. The maximum absolute atomic E-state index is 12.5. The van der Waals surface area contributed by atoms with Gasteiger partial charge in [0.1, 0.15) is 0 Å². The molecule has 0 bridgehead atoms. The maximum Gasteiger partial charge on any atom is 0.263 e. The van der Waals surface area contributed by atoms with Gasteiger partial charge in [0.05, 0.1) is 5.60 Å². The van der Waals surface area contributed by atoms with Crippen molar-refractivity contribution in [3.63, 3.8) is 0 Å². The number of alkyl halides is 2.